The Morgan fingerprint density at radius 3 is 1.83 bits per heavy atom. The molecule has 0 aliphatic heterocycles. The summed E-state index contributed by atoms with van der Waals surface area (Å²) < 4.78 is 0. The molecule has 0 unspecified atom stereocenters. The van der Waals surface area contributed by atoms with Crippen LogP contribution in [0.3, 0.4) is 0 Å². The maximum atomic E-state index is 13.5. The Balaban J connectivity index is 3.18. The van der Waals surface area contributed by atoms with E-state index >= 15 is 0 Å². The number of hydrogen-bond acceptors (Lipinski definition) is 9. The highest BCUT2D eigenvalue weighted by atomic mass is 16.4. The van der Waals surface area contributed by atoms with Gasteiger partial charge < -0.3 is 53.8 Å². The van der Waals surface area contributed by atoms with Gasteiger partial charge in [0, 0.05) is 19.4 Å². The SMILES string of the molecule is CC(C)C[C@H](N)C(=O)N[C@@H](CCCN=C(N)N)C(=O)N[C@@H](CCC(=O)O)C(=O)N[C@H](C(=O)N[C@@H](Cc1ccc(O)cc1)C(=O)O)C(C)C. The molecule has 13 N–H and O–H groups in total. The lowest BCUT2D eigenvalue weighted by molar-refractivity contribution is -0.142. The van der Waals surface area contributed by atoms with E-state index in [4.69, 9.17) is 17.2 Å². The Kier molecular flexibility index (Phi) is 17.4. The van der Waals surface area contributed by atoms with Crippen molar-refractivity contribution in [1.29, 1.82) is 0 Å². The standard InChI is InChI=1S/C31H50N8O9/c1-16(2)14-20(32)26(43)36-21(6-5-13-35-31(33)34)27(44)37-22(11-12-24(41)42)28(45)39-25(17(3)4)29(46)38-23(30(47)48)15-18-7-9-19(40)10-8-18/h7-10,16-17,20-23,25,40H,5-6,11-15,32H2,1-4H3,(H,36,43)(H,37,44)(H,38,46)(H,39,45)(H,41,42)(H,47,48)(H4,33,34,35)/t20-,21-,22-,23-,25-/m0/s1. The predicted molar refractivity (Wildman–Crippen MR) is 176 cm³/mol. The number of rotatable bonds is 21. The van der Waals surface area contributed by atoms with E-state index in [1.54, 1.807) is 13.8 Å². The van der Waals surface area contributed by atoms with E-state index in [0.717, 1.165) is 0 Å². The number of carbonyl (C=O) groups excluding carboxylic acids is 4. The number of aromatic hydroxyl groups is 1. The molecule has 5 atom stereocenters. The predicted octanol–water partition coefficient (Wildman–Crippen LogP) is -1.09. The monoisotopic (exact) mass is 678 g/mol. The molecule has 48 heavy (non-hydrogen) atoms. The fraction of sp³-hybridized carbons (Fsp3) is 0.581. The highest BCUT2D eigenvalue weighted by Gasteiger charge is 2.33. The number of aliphatic carboxylic acids is 2. The van der Waals surface area contributed by atoms with Crippen LogP contribution >= 0.6 is 0 Å². The molecule has 0 bridgehead atoms. The summed E-state index contributed by atoms with van der Waals surface area (Å²) >= 11 is 0. The number of nitrogens with zero attached hydrogens (tertiary/aromatic N) is 1. The fourth-order valence-electron chi connectivity index (χ4n) is 4.59. The maximum absolute atomic E-state index is 13.5. The Bertz CT molecular complexity index is 1280. The van der Waals surface area contributed by atoms with Gasteiger partial charge in [-0.3, -0.25) is 29.0 Å². The third kappa shape index (κ3) is 15.6. The third-order valence-corrected chi connectivity index (χ3v) is 7.16. The molecule has 0 spiro atoms. The number of amides is 4. The van der Waals surface area contributed by atoms with Crippen LogP contribution in [0.1, 0.15) is 65.4 Å². The summed E-state index contributed by atoms with van der Waals surface area (Å²) in [7, 11) is 0. The van der Waals surface area contributed by atoms with Gasteiger partial charge in [0.25, 0.3) is 0 Å². The normalized spacial score (nSPS) is 14.1. The highest BCUT2D eigenvalue weighted by Crippen LogP contribution is 2.13. The van der Waals surface area contributed by atoms with Crippen molar-refractivity contribution >= 4 is 41.5 Å². The fourth-order valence-corrected chi connectivity index (χ4v) is 4.59. The summed E-state index contributed by atoms with van der Waals surface area (Å²) in [5, 5.41) is 38.5. The summed E-state index contributed by atoms with van der Waals surface area (Å²) in [5.41, 5.74) is 17.2. The molecular formula is C31H50N8O9. The first-order valence-electron chi connectivity index (χ1n) is 15.7. The first kappa shape index (κ1) is 41.1. The van der Waals surface area contributed by atoms with Gasteiger partial charge in [0.1, 0.15) is 29.9 Å². The van der Waals surface area contributed by atoms with Crippen molar-refractivity contribution < 1.29 is 44.1 Å². The van der Waals surface area contributed by atoms with Crippen LogP contribution in [0.5, 0.6) is 5.75 Å². The molecule has 1 rings (SSSR count). The third-order valence-electron chi connectivity index (χ3n) is 7.16. The van der Waals surface area contributed by atoms with Crippen LogP contribution in [-0.4, -0.2) is 93.6 Å². The lowest BCUT2D eigenvalue weighted by atomic mass is 10.00. The molecule has 0 saturated carbocycles. The molecule has 0 heterocycles. The number of carboxylic acid groups (broad SMARTS) is 2. The van der Waals surface area contributed by atoms with Crippen molar-refractivity contribution in [2.75, 3.05) is 6.54 Å². The van der Waals surface area contributed by atoms with E-state index in [1.807, 2.05) is 13.8 Å². The molecule has 17 heteroatoms. The minimum atomic E-state index is -1.45. The van der Waals surface area contributed by atoms with Gasteiger partial charge in [-0.05, 0) is 55.2 Å². The minimum Gasteiger partial charge on any atom is -0.508 e. The van der Waals surface area contributed by atoms with Crippen molar-refractivity contribution in [2.24, 2.45) is 34.0 Å². The zero-order valence-corrected chi connectivity index (χ0v) is 27.8. The molecule has 4 amide bonds. The summed E-state index contributed by atoms with van der Waals surface area (Å²) in [4.78, 5) is 80.2. The molecule has 17 nitrogen and oxygen atoms in total. The van der Waals surface area contributed by atoms with Crippen LogP contribution in [0, 0.1) is 11.8 Å². The second-order valence-electron chi connectivity index (χ2n) is 12.2. The number of hydrogen-bond donors (Lipinski definition) is 10. The Labute approximate surface area is 279 Å². The summed E-state index contributed by atoms with van der Waals surface area (Å²) in [6.45, 7) is 7.10. The smallest absolute Gasteiger partial charge is 0.326 e. The van der Waals surface area contributed by atoms with Crippen LogP contribution in [0.15, 0.2) is 29.3 Å². The summed E-state index contributed by atoms with van der Waals surface area (Å²) in [5.74, 6) is -6.36. The average Bonchev–Trinajstić information content (AvgIpc) is 2.98. The van der Waals surface area contributed by atoms with Crippen molar-refractivity contribution in [2.45, 2.75) is 96.4 Å². The molecule has 268 valence electrons. The van der Waals surface area contributed by atoms with Gasteiger partial charge in [0.15, 0.2) is 5.96 Å². The lowest BCUT2D eigenvalue weighted by Gasteiger charge is -2.28. The molecule has 0 aromatic heterocycles. The number of guanidine groups is 1. The molecule has 0 radical (unpaired) electrons. The van der Waals surface area contributed by atoms with E-state index in [9.17, 15) is 44.1 Å². The van der Waals surface area contributed by atoms with Crippen LogP contribution in [0.25, 0.3) is 0 Å². The van der Waals surface area contributed by atoms with E-state index in [-0.39, 0.29) is 49.9 Å². The Morgan fingerprint density at radius 1 is 0.771 bits per heavy atom. The first-order valence-corrected chi connectivity index (χ1v) is 15.7. The van der Waals surface area contributed by atoms with Gasteiger partial charge in [0.2, 0.25) is 23.6 Å². The molecule has 0 fully saturated rings. The Hall–Kier alpha value is -4.93. The molecule has 0 saturated heterocycles. The van der Waals surface area contributed by atoms with Crippen molar-refractivity contribution in [1.82, 2.24) is 21.3 Å². The summed E-state index contributed by atoms with van der Waals surface area (Å²) in [6.07, 6.45) is -0.357. The van der Waals surface area contributed by atoms with Gasteiger partial charge in [-0.1, -0.05) is 39.8 Å². The number of phenolic OH excluding ortho intramolecular Hbond substituents is 1. The molecule has 1 aromatic carbocycles. The zero-order valence-electron chi connectivity index (χ0n) is 27.8. The van der Waals surface area contributed by atoms with Crippen LogP contribution < -0.4 is 38.5 Å². The topological polar surface area (TPSA) is 302 Å². The number of nitrogens with one attached hydrogen (secondary N) is 4. The number of benzene rings is 1. The van der Waals surface area contributed by atoms with E-state index in [1.165, 1.54) is 24.3 Å². The van der Waals surface area contributed by atoms with Crippen molar-refractivity contribution in [3.05, 3.63) is 29.8 Å². The van der Waals surface area contributed by atoms with Gasteiger partial charge in [-0.25, -0.2) is 4.79 Å². The molecule has 0 aliphatic rings. The van der Waals surface area contributed by atoms with Crippen molar-refractivity contribution in [3.63, 3.8) is 0 Å². The van der Waals surface area contributed by atoms with Crippen LogP contribution in [0.2, 0.25) is 0 Å². The number of aliphatic imine (C=N–C) groups is 1. The number of nitrogens with two attached hydrogens (primary N) is 3. The second-order valence-corrected chi connectivity index (χ2v) is 12.2. The average molecular weight is 679 g/mol. The highest BCUT2D eigenvalue weighted by molar-refractivity contribution is 5.95. The quantitative estimate of drug-likeness (QED) is 0.0421. The lowest BCUT2D eigenvalue weighted by Crippen LogP contribution is -2.59. The molecule has 1 aromatic rings. The van der Waals surface area contributed by atoms with E-state index in [0.29, 0.717) is 12.0 Å². The second kappa shape index (κ2) is 20.3. The van der Waals surface area contributed by atoms with Gasteiger partial charge in [0.05, 0.1) is 6.04 Å². The van der Waals surface area contributed by atoms with Gasteiger partial charge >= 0.3 is 11.9 Å². The van der Waals surface area contributed by atoms with Crippen LogP contribution in [-0.2, 0) is 35.2 Å². The van der Waals surface area contributed by atoms with Gasteiger partial charge in [-0.2, -0.15) is 0 Å². The van der Waals surface area contributed by atoms with E-state index in [2.05, 4.69) is 26.3 Å². The first-order chi connectivity index (χ1) is 22.4. The molecular weight excluding hydrogens is 628 g/mol. The number of phenols is 1. The zero-order chi connectivity index (χ0) is 36.6. The minimum absolute atomic E-state index is 0.0175. The van der Waals surface area contributed by atoms with E-state index < -0.39 is 78.1 Å². The number of carboxylic acids is 2. The maximum Gasteiger partial charge on any atom is 0.326 e. The Morgan fingerprint density at radius 2 is 1.31 bits per heavy atom. The van der Waals surface area contributed by atoms with Crippen LogP contribution in [0.4, 0.5) is 0 Å². The van der Waals surface area contributed by atoms with Crippen molar-refractivity contribution in [3.8, 4) is 5.75 Å². The van der Waals surface area contributed by atoms with Gasteiger partial charge in [-0.15, -0.1) is 0 Å². The largest absolute Gasteiger partial charge is 0.508 e. The molecule has 0 aliphatic carbocycles. The number of carbonyl (C=O) groups is 6. The summed E-state index contributed by atoms with van der Waals surface area (Å²) in [6, 6.07) is -0.453.